The maximum absolute atomic E-state index is 13.2. The maximum atomic E-state index is 13.2. The molecule has 0 unspecified atom stereocenters. The summed E-state index contributed by atoms with van der Waals surface area (Å²) in [6.45, 7) is 3.82. The molecule has 0 saturated carbocycles. The van der Waals surface area contributed by atoms with Crippen molar-refractivity contribution >= 4 is 11.8 Å². The SMILES string of the molecule is CC[C@@H](C(=O)NC)N(Cc1ccc(F)cc1)C(=O)COc1ccc(C)cc1. The first kappa shape index (κ1) is 20.4. The van der Waals surface area contributed by atoms with E-state index in [4.69, 9.17) is 4.74 Å². The molecule has 0 heterocycles. The number of hydrogen-bond donors (Lipinski definition) is 1. The van der Waals surface area contributed by atoms with Crippen LogP contribution >= 0.6 is 0 Å². The largest absolute Gasteiger partial charge is 0.484 e. The van der Waals surface area contributed by atoms with Gasteiger partial charge in [0.2, 0.25) is 5.91 Å². The third-order valence-electron chi connectivity index (χ3n) is 4.28. The molecule has 0 aliphatic rings. The predicted octanol–water partition coefficient (Wildman–Crippen LogP) is 3.07. The van der Waals surface area contributed by atoms with E-state index in [1.807, 2.05) is 26.0 Å². The molecular weight excluding hydrogens is 347 g/mol. The smallest absolute Gasteiger partial charge is 0.261 e. The Balaban J connectivity index is 2.15. The van der Waals surface area contributed by atoms with Crippen LogP contribution in [0.2, 0.25) is 0 Å². The average molecular weight is 372 g/mol. The highest BCUT2D eigenvalue weighted by Crippen LogP contribution is 2.15. The summed E-state index contributed by atoms with van der Waals surface area (Å²) in [5, 5.41) is 2.59. The van der Waals surface area contributed by atoms with Crippen molar-refractivity contribution in [2.75, 3.05) is 13.7 Å². The van der Waals surface area contributed by atoms with Gasteiger partial charge in [0.25, 0.3) is 5.91 Å². The number of halogens is 1. The fraction of sp³-hybridized carbons (Fsp3) is 0.333. The van der Waals surface area contributed by atoms with Gasteiger partial charge in [-0.05, 0) is 43.2 Å². The molecule has 1 atom stereocenters. The molecule has 2 rings (SSSR count). The number of nitrogens with one attached hydrogen (secondary N) is 1. The van der Waals surface area contributed by atoms with E-state index in [1.54, 1.807) is 24.3 Å². The zero-order chi connectivity index (χ0) is 19.8. The number of benzene rings is 2. The maximum Gasteiger partial charge on any atom is 0.261 e. The third-order valence-corrected chi connectivity index (χ3v) is 4.28. The highest BCUT2D eigenvalue weighted by atomic mass is 19.1. The normalized spacial score (nSPS) is 11.6. The van der Waals surface area contributed by atoms with E-state index in [9.17, 15) is 14.0 Å². The molecule has 0 fully saturated rings. The Labute approximate surface area is 159 Å². The quantitative estimate of drug-likeness (QED) is 0.775. The van der Waals surface area contributed by atoms with Crippen LogP contribution < -0.4 is 10.1 Å². The summed E-state index contributed by atoms with van der Waals surface area (Å²) in [5.74, 6) is -0.319. The van der Waals surface area contributed by atoms with Crippen molar-refractivity contribution in [2.24, 2.45) is 0 Å². The monoisotopic (exact) mass is 372 g/mol. The summed E-state index contributed by atoms with van der Waals surface area (Å²) in [6.07, 6.45) is 0.455. The zero-order valence-electron chi connectivity index (χ0n) is 15.9. The number of carbonyl (C=O) groups excluding carboxylic acids is 2. The van der Waals surface area contributed by atoms with Gasteiger partial charge in [-0.25, -0.2) is 4.39 Å². The Morgan fingerprint density at radius 3 is 2.30 bits per heavy atom. The van der Waals surface area contributed by atoms with Crippen LogP contribution in [0.5, 0.6) is 5.75 Å². The number of hydrogen-bond acceptors (Lipinski definition) is 3. The van der Waals surface area contributed by atoms with Gasteiger partial charge in [-0.1, -0.05) is 36.8 Å². The summed E-state index contributed by atoms with van der Waals surface area (Å²) in [7, 11) is 1.54. The molecule has 2 aromatic carbocycles. The van der Waals surface area contributed by atoms with Gasteiger partial charge < -0.3 is 15.0 Å². The van der Waals surface area contributed by atoms with Gasteiger partial charge in [-0.3, -0.25) is 9.59 Å². The Hall–Kier alpha value is -2.89. The molecule has 0 bridgehead atoms. The van der Waals surface area contributed by atoms with Crippen LogP contribution in [0.25, 0.3) is 0 Å². The molecule has 0 aliphatic heterocycles. The number of amides is 2. The van der Waals surface area contributed by atoms with Crippen molar-refractivity contribution < 1.29 is 18.7 Å². The molecule has 0 saturated heterocycles. The van der Waals surface area contributed by atoms with Crippen LogP contribution in [-0.4, -0.2) is 36.4 Å². The minimum atomic E-state index is -0.630. The van der Waals surface area contributed by atoms with Crippen LogP contribution in [0.1, 0.15) is 24.5 Å². The molecule has 0 aromatic heterocycles. The first-order valence-corrected chi connectivity index (χ1v) is 8.89. The van der Waals surface area contributed by atoms with E-state index >= 15 is 0 Å². The minimum absolute atomic E-state index is 0.183. The summed E-state index contributed by atoms with van der Waals surface area (Å²) >= 11 is 0. The van der Waals surface area contributed by atoms with Crippen LogP contribution in [0.15, 0.2) is 48.5 Å². The lowest BCUT2D eigenvalue weighted by atomic mass is 10.1. The van der Waals surface area contributed by atoms with E-state index in [1.165, 1.54) is 24.1 Å². The summed E-state index contributed by atoms with van der Waals surface area (Å²) in [4.78, 5) is 26.5. The zero-order valence-corrected chi connectivity index (χ0v) is 15.9. The van der Waals surface area contributed by atoms with Gasteiger partial charge in [-0.2, -0.15) is 0 Å². The predicted molar refractivity (Wildman–Crippen MR) is 102 cm³/mol. The van der Waals surface area contributed by atoms with Crippen molar-refractivity contribution in [1.82, 2.24) is 10.2 Å². The van der Waals surface area contributed by atoms with Crippen LogP contribution in [0.4, 0.5) is 4.39 Å². The molecule has 2 aromatic rings. The van der Waals surface area contributed by atoms with Gasteiger partial charge in [0, 0.05) is 13.6 Å². The molecule has 144 valence electrons. The first-order chi connectivity index (χ1) is 12.9. The lowest BCUT2D eigenvalue weighted by Gasteiger charge is -2.30. The van der Waals surface area contributed by atoms with Crippen molar-refractivity contribution in [1.29, 1.82) is 0 Å². The van der Waals surface area contributed by atoms with Crippen molar-refractivity contribution in [3.05, 3.63) is 65.5 Å². The van der Waals surface area contributed by atoms with Crippen LogP contribution in [0, 0.1) is 12.7 Å². The molecule has 1 N–H and O–H groups in total. The number of likely N-dealkylation sites (N-methyl/N-ethyl adjacent to an activating group) is 1. The number of rotatable bonds is 8. The standard InChI is InChI=1S/C21H25FN2O3/c1-4-19(21(26)23-3)24(13-16-7-9-17(22)10-8-16)20(25)14-27-18-11-5-15(2)6-12-18/h5-12,19H,4,13-14H2,1-3H3,(H,23,26)/t19-/m0/s1. The second kappa shape index (κ2) is 9.71. The Morgan fingerprint density at radius 1 is 1.11 bits per heavy atom. The summed E-state index contributed by atoms with van der Waals surface area (Å²) < 4.78 is 18.7. The average Bonchev–Trinajstić information content (AvgIpc) is 2.68. The lowest BCUT2D eigenvalue weighted by molar-refractivity contribution is -0.142. The molecule has 0 aliphatic carbocycles. The summed E-state index contributed by atoms with van der Waals surface area (Å²) in [6, 6.07) is 12.6. The molecule has 5 nitrogen and oxygen atoms in total. The molecule has 2 amide bonds. The van der Waals surface area contributed by atoms with Crippen molar-refractivity contribution in [3.8, 4) is 5.75 Å². The van der Waals surface area contributed by atoms with Crippen molar-refractivity contribution in [2.45, 2.75) is 32.9 Å². The van der Waals surface area contributed by atoms with Gasteiger partial charge in [0.05, 0.1) is 0 Å². The topological polar surface area (TPSA) is 58.6 Å². The summed E-state index contributed by atoms with van der Waals surface area (Å²) in [5.41, 5.74) is 1.83. The molecule has 6 heteroatoms. The van der Waals surface area contributed by atoms with E-state index < -0.39 is 6.04 Å². The number of nitrogens with zero attached hydrogens (tertiary/aromatic N) is 1. The van der Waals surface area contributed by atoms with E-state index in [0.717, 1.165) is 11.1 Å². The minimum Gasteiger partial charge on any atom is -0.484 e. The number of ether oxygens (including phenoxy) is 1. The molecule has 0 radical (unpaired) electrons. The van der Waals surface area contributed by atoms with E-state index in [2.05, 4.69) is 5.32 Å². The fourth-order valence-corrected chi connectivity index (χ4v) is 2.74. The molecular formula is C21H25FN2O3. The van der Waals surface area contributed by atoms with E-state index in [-0.39, 0.29) is 30.8 Å². The number of aryl methyl sites for hydroxylation is 1. The van der Waals surface area contributed by atoms with Gasteiger partial charge in [-0.15, -0.1) is 0 Å². The highest BCUT2D eigenvalue weighted by molar-refractivity contribution is 5.88. The Morgan fingerprint density at radius 2 is 1.74 bits per heavy atom. The second-order valence-corrected chi connectivity index (χ2v) is 6.29. The third kappa shape index (κ3) is 5.81. The van der Waals surface area contributed by atoms with E-state index in [0.29, 0.717) is 12.2 Å². The number of carbonyl (C=O) groups is 2. The lowest BCUT2D eigenvalue weighted by Crippen LogP contribution is -2.49. The fourth-order valence-electron chi connectivity index (χ4n) is 2.74. The van der Waals surface area contributed by atoms with Gasteiger partial charge in [0.15, 0.2) is 6.61 Å². The Kier molecular flexibility index (Phi) is 7.34. The highest BCUT2D eigenvalue weighted by Gasteiger charge is 2.28. The van der Waals surface area contributed by atoms with Gasteiger partial charge >= 0.3 is 0 Å². The molecule has 27 heavy (non-hydrogen) atoms. The Bertz CT molecular complexity index is 760. The first-order valence-electron chi connectivity index (χ1n) is 8.89. The van der Waals surface area contributed by atoms with Crippen LogP contribution in [-0.2, 0) is 16.1 Å². The molecule has 0 spiro atoms. The van der Waals surface area contributed by atoms with Crippen LogP contribution in [0.3, 0.4) is 0 Å². The van der Waals surface area contributed by atoms with Crippen molar-refractivity contribution in [3.63, 3.8) is 0 Å². The van der Waals surface area contributed by atoms with Gasteiger partial charge in [0.1, 0.15) is 17.6 Å². The second-order valence-electron chi connectivity index (χ2n) is 6.29.